The summed E-state index contributed by atoms with van der Waals surface area (Å²) in [4.78, 5) is 24.6. The maximum atomic E-state index is 13.4. The molecule has 1 aliphatic heterocycles. The van der Waals surface area contributed by atoms with Crippen LogP contribution in [0, 0.1) is 6.92 Å². The van der Waals surface area contributed by atoms with Gasteiger partial charge in [-0.25, -0.2) is 9.97 Å². The smallest absolute Gasteiger partial charge is 0.417 e. The van der Waals surface area contributed by atoms with Crippen molar-refractivity contribution >= 4 is 5.91 Å². The number of hydrogen-bond acceptors (Lipinski definition) is 6. The number of likely N-dealkylation sites (tertiary alicyclic amines) is 1. The highest BCUT2D eigenvalue weighted by atomic mass is 19.4. The van der Waals surface area contributed by atoms with Crippen LogP contribution in [0.25, 0.3) is 5.69 Å². The molecule has 3 aromatic heterocycles. The lowest BCUT2D eigenvalue weighted by molar-refractivity contribution is -0.137. The van der Waals surface area contributed by atoms with Crippen LogP contribution in [0.5, 0.6) is 5.88 Å². The number of pyridine rings is 2. The Bertz CT molecular complexity index is 1090. The van der Waals surface area contributed by atoms with Crippen molar-refractivity contribution in [3.8, 4) is 11.6 Å². The van der Waals surface area contributed by atoms with Crippen LogP contribution in [0.1, 0.15) is 41.5 Å². The summed E-state index contributed by atoms with van der Waals surface area (Å²) in [6.07, 6.45) is 0.191. The highest BCUT2D eigenvalue weighted by Gasteiger charge is 2.35. The van der Waals surface area contributed by atoms with Crippen molar-refractivity contribution in [2.45, 2.75) is 45.0 Å². The molecule has 2 unspecified atom stereocenters. The Morgan fingerprint density at radius 3 is 2.56 bits per heavy atom. The summed E-state index contributed by atoms with van der Waals surface area (Å²) in [5.41, 5.74) is 0.519. The van der Waals surface area contributed by atoms with Gasteiger partial charge in [0.25, 0.3) is 5.91 Å². The Kier molecular flexibility index (Phi) is 5.81. The minimum atomic E-state index is -4.46. The van der Waals surface area contributed by atoms with Crippen molar-refractivity contribution in [2.24, 2.45) is 0 Å². The first-order valence-corrected chi connectivity index (χ1v) is 10.1. The van der Waals surface area contributed by atoms with Crippen LogP contribution in [0.15, 0.2) is 42.9 Å². The van der Waals surface area contributed by atoms with Crippen molar-refractivity contribution in [3.63, 3.8) is 0 Å². The van der Waals surface area contributed by atoms with E-state index in [9.17, 15) is 18.0 Å². The lowest BCUT2D eigenvalue weighted by atomic mass is 9.99. The molecule has 0 bridgehead atoms. The third kappa shape index (κ3) is 4.41. The maximum Gasteiger partial charge on any atom is 0.417 e. The summed E-state index contributed by atoms with van der Waals surface area (Å²) < 4.78 is 44.1. The number of carbonyl (C=O) groups excluding carboxylic acids is 1. The molecule has 1 fully saturated rings. The number of aromatic nitrogens is 5. The number of amides is 1. The van der Waals surface area contributed by atoms with Gasteiger partial charge in [-0.1, -0.05) is 0 Å². The molecule has 3 aromatic rings. The number of carbonyl (C=O) groups is 1. The van der Waals surface area contributed by atoms with Gasteiger partial charge in [-0.3, -0.25) is 4.79 Å². The third-order valence-corrected chi connectivity index (χ3v) is 5.36. The Balaban J connectivity index is 1.54. The van der Waals surface area contributed by atoms with E-state index in [1.165, 1.54) is 23.3 Å². The fourth-order valence-corrected chi connectivity index (χ4v) is 3.67. The number of hydrogen-bond donors (Lipinski definition) is 0. The predicted molar refractivity (Wildman–Crippen MR) is 107 cm³/mol. The zero-order valence-corrected chi connectivity index (χ0v) is 17.5. The van der Waals surface area contributed by atoms with Gasteiger partial charge >= 0.3 is 6.18 Å². The first-order valence-electron chi connectivity index (χ1n) is 10.1. The van der Waals surface area contributed by atoms with E-state index in [2.05, 4.69) is 20.2 Å². The molecule has 2 atom stereocenters. The molecular formula is C21H21F3N6O2. The lowest BCUT2D eigenvalue weighted by Gasteiger charge is -2.39. The van der Waals surface area contributed by atoms with Crippen LogP contribution in [0.4, 0.5) is 13.2 Å². The first kappa shape index (κ1) is 21.7. The molecule has 0 spiro atoms. The molecule has 8 nitrogen and oxygen atoms in total. The SMILES string of the molecule is Cc1ccc(-n2nccn2)c(C(=O)N2CCCC(Oc3ccc(C(F)(F)F)cn3)C2C)n1. The summed E-state index contributed by atoms with van der Waals surface area (Å²) in [5, 5.41) is 8.20. The number of nitrogens with zero attached hydrogens (tertiary/aromatic N) is 6. The summed E-state index contributed by atoms with van der Waals surface area (Å²) in [5.74, 6) is -0.207. The Morgan fingerprint density at radius 2 is 1.91 bits per heavy atom. The van der Waals surface area contributed by atoms with Gasteiger partial charge in [-0.05, 0) is 44.9 Å². The first-order chi connectivity index (χ1) is 15.2. The topological polar surface area (TPSA) is 86.0 Å². The fraction of sp³-hybridized carbons (Fsp3) is 0.381. The van der Waals surface area contributed by atoms with Gasteiger partial charge < -0.3 is 9.64 Å². The van der Waals surface area contributed by atoms with Crippen molar-refractivity contribution in [1.82, 2.24) is 29.9 Å². The van der Waals surface area contributed by atoms with Gasteiger partial charge in [-0.2, -0.15) is 23.4 Å². The summed E-state index contributed by atoms with van der Waals surface area (Å²) in [7, 11) is 0. The van der Waals surface area contributed by atoms with Crippen LogP contribution >= 0.6 is 0 Å². The van der Waals surface area contributed by atoms with Crippen molar-refractivity contribution in [2.75, 3.05) is 6.54 Å². The average Bonchev–Trinajstić information content (AvgIpc) is 3.29. The monoisotopic (exact) mass is 446 g/mol. The summed E-state index contributed by atoms with van der Waals surface area (Å²) >= 11 is 0. The van der Waals surface area contributed by atoms with Crippen molar-refractivity contribution in [3.05, 3.63) is 59.8 Å². The standard InChI is InChI=1S/C21H21F3N6O2/c1-13-5-7-16(30-26-9-10-27-30)19(28-13)20(31)29-11-3-4-17(14(29)2)32-18-8-6-15(12-25-18)21(22,23)24/h5-10,12,14,17H,3-4,11H2,1-2H3. The molecule has 168 valence electrons. The highest BCUT2D eigenvalue weighted by molar-refractivity contribution is 5.96. The van der Waals surface area contributed by atoms with E-state index in [1.54, 1.807) is 24.0 Å². The van der Waals surface area contributed by atoms with Crippen LogP contribution in [0.2, 0.25) is 0 Å². The van der Waals surface area contributed by atoms with E-state index < -0.39 is 17.8 Å². The summed E-state index contributed by atoms with van der Waals surface area (Å²) in [6, 6.07) is 5.29. The van der Waals surface area contributed by atoms with Crippen LogP contribution in [-0.2, 0) is 6.18 Å². The van der Waals surface area contributed by atoms with Gasteiger partial charge in [0.2, 0.25) is 5.88 Å². The predicted octanol–water partition coefficient (Wildman–Crippen LogP) is 3.46. The number of piperidine rings is 1. The average molecular weight is 446 g/mol. The van der Waals surface area contributed by atoms with Gasteiger partial charge in [0.05, 0.1) is 24.0 Å². The molecule has 0 aromatic carbocycles. The van der Waals surface area contributed by atoms with E-state index in [-0.39, 0.29) is 23.5 Å². The highest BCUT2D eigenvalue weighted by Crippen LogP contribution is 2.30. The minimum absolute atomic E-state index is 0.0826. The van der Waals surface area contributed by atoms with E-state index in [0.29, 0.717) is 30.8 Å². The Hall–Kier alpha value is -3.50. The van der Waals surface area contributed by atoms with Gasteiger partial charge in [0.15, 0.2) is 5.69 Å². The molecule has 1 saturated heterocycles. The minimum Gasteiger partial charge on any atom is -0.472 e. The molecule has 4 rings (SSSR count). The number of alkyl halides is 3. The zero-order chi connectivity index (χ0) is 22.9. The van der Waals surface area contributed by atoms with Gasteiger partial charge in [-0.15, -0.1) is 4.80 Å². The molecule has 0 saturated carbocycles. The molecule has 0 N–H and O–H groups in total. The van der Waals surface area contributed by atoms with Crippen molar-refractivity contribution in [1.29, 1.82) is 0 Å². The lowest BCUT2D eigenvalue weighted by Crippen LogP contribution is -2.51. The normalized spacial score (nSPS) is 19.1. The van der Waals surface area contributed by atoms with E-state index in [4.69, 9.17) is 4.74 Å². The van der Waals surface area contributed by atoms with Crippen LogP contribution in [-0.4, -0.2) is 54.5 Å². The molecular weight excluding hydrogens is 425 g/mol. The maximum absolute atomic E-state index is 13.4. The molecule has 0 radical (unpaired) electrons. The number of rotatable bonds is 4. The second kappa shape index (κ2) is 8.56. The molecule has 0 aliphatic carbocycles. The van der Waals surface area contributed by atoms with Gasteiger partial charge in [0, 0.05) is 24.5 Å². The van der Waals surface area contributed by atoms with E-state index in [1.807, 2.05) is 6.92 Å². The molecule has 11 heteroatoms. The van der Waals surface area contributed by atoms with Crippen molar-refractivity contribution < 1.29 is 22.7 Å². The van der Waals surface area contributed by atoms with E-state index in [0.717, 1.165) is 12.3 Å². The quantitative estimate of drug-likeness (QED) is 0.610. The number of halogens is 3. The largest absolute Gasteiger partial charge is 0.472 e. The second-order valence-corrected chi connectivity index (χ2v) is 7.56. The zero-order valence-electron chi connectivity index (χ0n) is 17.5. The van der Waals surface area contributed by atoms with Crippen LogP contribution in [0.3, 0.4) is 0 Å². The molecule has 4 heterocycles. The number of aryl methyl sites for hydroxylation is 1. The molecule has 32 heavy (non-hydrogen) atoms. The molecule has 1 aliphatic rings. The fourth-order valence-electron chi connectivity index (χ4n) is 3.67. The Morgan fingerprint density at radius 1 is 1.16 bits per heavy atom. The van der Waals surface area contributed by atoms with Crippen LogP contribution < -0.4 is 4.74 Å². The van der Waals surface area contributed by atoms with Gasteiger partial charge in [0.1, 0.15) is 11.8 Å². The Labute approximate surface area is 182 Å². The third-order valence-electron chi connectivity index (χ3n) is 5.36. The van der Waals surface area contributed by atoms with E-state index >= 15 is 0 Å². The second-order valence-electron chi connectivity index (χ2n) is 7.56. The molecule has 1 amide bonds. The number of ether oxygens (including phenoxy) is 1. The summed E-state index contributed by atoms with van der Waals surface area (Å²) in [6.45, 7) is 4.13.